The van der Waals surface area contributed by atoms with Gasteiger partial charge in [-0.05, 0) is 12.1 Å². The van der Waals surface area contributed by atoms with Crippen LogP contribution in [0.25, 0.3) is 0 Å². The summed E-state index contributed by atoms with van der Waals surface area (Å²) in [5.41, 5.74) is -0.442. The monoisotopic (exact) mass is 242 g/mol. The van der Waals surface area contributed by atoms with Crippen LogP contribution in [-0.2, 0) is 10.0 Å². The predicted molar refractivity (Wildman–Crippen MR) is 56.6 cm³/mol. The van der Waals surface area contributed by atoms with E-state index in [2.05, 4.69) is 0 Å². The molecule has 0 N–H and O–H groups in total. The molecule has 4 nitrogen and oxygen atoms in total. The number of rotatable bonds is 3. The first-order chi connectivity index (χ1) is 7.45. The van der Waals surface area contributed by atoms with Crippen LogP contribution in [0.2, 0.25) is 0 Å². The van der Waals surface area contributed by atoms with Crippen molar-refractivity contribution in [1.82, 2.24) is 4.31 Å². The van der Waals surface area contributed by atoms with Crippen LogP contribution in [0.4, 0.5) is 4.39 Å². The largest absolute Gasteiger partial charge is 0.244 e. The van der Waals surface area contributed by atoms with Crippen LogP contribution in [0.1, 0.15) is 12.5 Å². The SMILES string of the molecule is CCN(C)S(=O)(=O)c1cccc(F)c1C#N. The summed E-state index contributed by atoms with van der Waals surface area (Å²) in [6.07, 6.45) is 0. The van der Waals surface area contributed by atoms with E-state index in [1.54, 1.807) is 13.0 Å². The van der Waals surface area contributed by atoms with Crippen molar-refractivity contribution in [3.63, 3.8) is 0 Å². The first-order valence-electron chi connectivity index (χ1n) is 4.60. The van der Waals surface area contributed by atoms with Crippen molar-refractivity contribution < 1.29 is 12.8 Å². The van der Waals surface area contributed by atoms with E-state index < -0.39 is 21.4 Å². The molecule has 0 aliphatic rings. The molecule has 0 bridgehead atoms. The Morgan fingerprint density at radius 3 is 2.62 bits per heavy atom. The molecule has 0 aliphatic carbocycles. The van der Waals surface area contributed by atoms with Gasteiger partial charge < -0.3 is 0 Å². The third-order valence-corrected chi connectivity index (χ3v) is 4.20. The van der Waals surface area contributed by atoms with E-state index in [0.29, 0.717) is 0 Å². The van der Waals surface area contributed by atoms with Crippen LogP contribution in [-0.4, -0.2) is 26.3 Å². The second-order valence-corrected chi connectivity index (χ2v) is 5.16. The van der Waals surface area contributed by atoms with Crippen LogP contribution >= 0.6 is 0 Å². The van der Waals surface area contributed by atoms with Gasteiger partial charge in [-0.1, -0.05) is 13.0 Å². The third-order valence-electron chi connectivity index (χ3n) is 2.22. The molecule has 0 atom stereocenters. The minimum Gasteiger partial charge on any atom is -0.207 e. The maximum absolute atomic E-state index is 13.2. The smallest absolute Gasteiger partial charge is 0.207 e. The fraction of sp³-hybridized carbons (Fsp3) is 0.300. The molecule has 86 valence electrons. The van der Waals surface area contributed by atoms with Crippen LogP contribution in [0.15, 0.2) is 23.1 Å². The molecule has 6 heteroatoms. The highest BCUT2D eigenvalue weighted by Gasteiger charge is 2.24. The van der Waals surface area contributed by atoms with E-state index in [9.17, 15) is 12.8 Å². The molecule has 0 radical (unpaired) electrons. The van der Waals surface area contributed by atoms with E-state index in [-0.39, 0.29) is 11.4 Å². The summed E-state index contributed by atoms with van der Waals surface area (Å²) in [6, 6.07) is 5.12. The lowest BCUT2D eigenvalue weighted by Crippen LogP contribution is -2.27. The van der Waals surface area contributed by atoms with Crippen molar-refractivity contribution >= 4 is 10.0 Å². The van der Waals surface area contributed by atoms with E-state index in [1.165, 1.54) is 19.2 Å². The molecule has 1 rings (SSSR count). The standard InChI is InChI=1S/C10H11FN2O2S/c1-3-13(2)16(14,15)10-6-4-5-9(11)8(10)7-12/h4-6H,3H2,1-2H3. The summed E-state index contributed by atoms with van der Waals surface area (Å²) in [4.78, 5) is -0.292. The minimum atomic E-state index is -3.78. The number of hydrogen-bond donors (Lipinski definition) is 0. The second kappa shape index (κ2) is 4.60. The van der Waals surface area contributed by atoms with Gasteiger partial charge in [-0.3, -0.25) is 0 Å². The van der Waals surface area contributed by atoms with Crippen LogP contribution < -0.4 is 0 Å². The number of sulfonamides is 1. The normalized spacial score (nSPS) is 11.4. The molecule has 0 amide bonds. The zero-order chi connectivity index (χ0) is 12.3. The molecule has 1 aromatic carbocycles. The summed E-state index contributed by atoms with van der Waals surface area (Å²) >= 11 is 0. The quantitative estimate of drug-likeness (QED) is 0.803. The van der Waals surface area contributed by atoms with Crippen molar-refractivity contribution in [2.75, 3.05) is 13.6 Å². The average Bonchev–Trinajstić information content (AvgIpc) is 2.27. The van der Waals surface area contributed by atoms with Gasteiger partial charge in [-0.15, -0.1) is 0 Å². The van der Waals surface area contributed by atoms with Crippen LogP contribution in [0.3, 0.4) is 0 Å². The Bertz CT molecular complexity index is 534. The first-order valence-corrected chi connectivity index (χ1v) is 6.04. The van der Waals surface area contributed by atoms with Gasteiger partial charge >= 0.3 is 0 Å². The molecule has 0 spiro atoms. The van der Waals surface area contributed by atoms with Gasteiger partial charge in [0, 0.05) is 13.6 Å². The highest BCUT2D eigenvalue weighted by Crippen LogP contribution is 2.20. The summed E-state index contributed by atoms with van der Waals surface area (Å²) in [5.74, 6) is -0.826. The lowest BCUT2D eigenvalue weighted by Gasteiger charge is -2.15. The Balaban J connectivity index is 3.47. The van der Waals surface area contributed by atoms with Crippen molar-refractivity contribution in [3.8, 4) is 6.07 Å². The zero-order valence-electron chi connectivity index (χ0n) is 8.94. The van der Waals surface area contributed by atoms with E-state index >= 15 is 0 Å². The Morgan fingerprint density at radius 1 is 1.50 bits per heavy atom. The number of nitriles is 1. The minimum absolute atomic E-state index is 0.254. The van der Waals surface area contributed by atoms with Gasteiger partial charge in [0.05, 0.1) is 0 Å². The number of halogens is 1. The molecule has 0 unspecified atom stereocenters. The van der Waals surface area contributed by atoms with Gasteiger partial charge in [0.2, 0.25) is 10.0 Å². The van der Waals surface area contributed by atoms with Gasteiger partial charge in [0.25, 0.3) is 0 Å². The first kappa shape index (κ1) is 12.6. The molecular formula is C10H11FN2O2S. The molecule has 0 saturated heterocycles. The maximum atomic E-state index is 13.2. The molecule has 1 aromatic rings. The summed E-state index contributed by atoms with van der Waals surface area (Å²) < 4.78 is 38.1. The van der Waals surface area contributed by atoms with Gasteiger partial charge in [0.1, 0.15) is 22.3 Å². The summed E-state index contributed by atoms with van der Waals surface area (Å²) in [5, 5.41) is 8.74. The van der Waals surface area contributed by atoms with Crippen LogP contribution in [0, 0.1) is 17.1 Å². The van der Waals surface area contributed by atoms with Gasteiger partial charge in [-0.25, -0.2) is 17.1 Å². The highest BCUT2D eigenvalue weighted by atomic mass is 32.2. The van der Waals surface area contributed by atoms with Crippen molar-refractivity contribution in [2.45, 2.75) is 11.8 Å². The van der Waals surface area contributed by atoms with E-state index in [4.69, 9.17) is 5.26 Å². The van der Waals surface area contributed by atoms with Gasteiger partial charge in [-0.2, -0.15) is 5.26 Å². The highest BCUT2D eigenvalue weighted by molar-refractivity contribution is 7.89. The summed E-state index contributed by atoms with van der Waals surface area (Å²) in [6.45, 7) is 1.91. The molecular weight excluding hydrogens is 231 g/mol. The predicted octanol–water partition coefficient (Wildman–Crippen LogP) is 1.34. The number of hydrogen-bond acceptors (Lipinski definition) is 3. The molecule has 0 heterocycles. The second-order valence-electron chi connectivity index (χ2n) is 3.14. The molecule has 0 aromatic heterocycles. The van der Waals surface area contributed by atoms with Gasteiger partial charge in [0.15, 0.2) is 0 Å². The molecule has 0 saturated carbocycles. The van der Waals surface area contributed by atoms with Crippen molar-refractivity contribution in [1.29, 1.82) is 5.26 Å². The molecule has 0 aliphatic heterocycles. The fourth-order valence-electron chi connectivity index (χ4n) is 1.17. The molecule has 0 fully saturated rings. The lowest BCUT2D eigenvalue weighted by atomic mass is 10.2. The number of benzene rings is 1. The zero-order valence-corrected chi connectivity index (χ0v) is 9.75. The Hall–Kier alpha value is -1.45. The average molecular weight is 242 g/mol. The number of nitrogens with zero attached hydrogens (tertiary/aromatic N) is 2. The summed E-state index contributed by atoms with van der Waals surface area (Å²) in [7, 11) is -2.41. The van der Waals surface area contributed by atoms with E-state index in [0.717, 1.165) is 10.4 Å². The van der Waals surface area contributed by atoms with Crippen LogP contribution in [0.5, 0.6) is 0 Å². The van der Waals surface area contributed by atoms with E-state index in [1.807, 2.05) is 0 Å². The molecule has 16 heavy (non-hydrogen) atoms. The Morgan fingerprint density at radius 2 is 2.12 bits per heavy atom. The topological polar surface area (TPSA) is 61.2 Å². The lowest BCUT2D eigenvalue weighted by molar-refractivity contribution is 0.485. The Labute approximate surface area is 94.0 Å². The fourth-order valence-corrected chi connectivity index (χ4v) is 2.49. The third kappa shape index (κ3) is 2.05. The maximum Gasteiger partial charge on any atom is 0.244 e. The van der Waals surface area contributed by atoms with Crippen molar-refractivity contribution in [3.05, 3.63) is 29.6 Å². The van der Waals surface area contributed by atoms with Crippen molar-refractivity contribution in [2.24, 2.45) is 0 Å². The Kier molecular flexibility index (Phi) is 3.62.